The normalized spacial score (nSPS) is 16.6. The number of carbonyl (C=O) groups excluding carboxylic acids is 1. The van der Waals surface area contributed by atoms with Gasteiger partial charge >= 0.3 is 6.01 Å². The zero-order chi connectivity index (χ0) is 21.5. The smallest absolute Gasteiger partial charge is 0.319 e. The zero-order valence-electron chi connectivity index (χ0n) is 18.0. The van der Waals surface area contributed by atoms with Gasteiger partial charge in [0.05, 0.1) is 6.61 Å². The first-order chi connectivity index (χ1) is 14.5. The number of aromatic nitrogens is 3. The van der Waals surface area contributed by atoms with E-state index in [0.717, 1.165) is 63.5 Å². The second kappa shape index (κ2) is 10.3. The van der Waals surface area contributed by atoms with E-state index in [9.17, 15) is 10.1 Å². The van der Waals surface area contributed by atoms with E-state index in [2.05, 4.69) is 27.9 Å². The highest BCUT2D eigenvalue weighted by Gasteiger charge is 2.24. The highest BCUT2D eigenvalue weighted by molar-refractivity contribution is 5.89. The molecule has 1 aliphatic heterocycles. The van der Waals surface area contributed by atoms with Gasteiger partial charge in [-0.15, -0.1) is 0 Å². The van der Waals surface area contributed by atoms with Crippen LogP contribution in [0, 0.1) is 11.3 Å². The molecule has 1 unspecified atom stereocenters. The largest absolute Gasteiger partial charge is 0.463 e. The number of carbonyl (C=O) groups is 1. The van der Waals surface area contributed by atoms with E-state index in [0.29, 0.717) is 35.2 Å². The van der Waals surface area contributed by atoms with E-state index in [-0.39, 0.29) is 11.9 Å². The molecular formula is C22H32N6O2. The number of likely N-dealkylation sites (tertiary alicyclic amines) is 1. The maximum atomic E-state index is 11.9. The molecule has 0 spiro atoms. The zero-order valence-corrected chi connectivity index (χ0v) is 18.0. The lowest BCUT2D eigenvalue weighted by Crippen LogP contribution is -2.42. The fraction of sp³-hybridized carbons (Fsp3) is 0.636. The second-order valence-corrected chi connectivity index (χ2v) is 8.02. The molecule has 30 heavy (non-hydrogen) atoms. The number of ether oxygens (including phenoxy) is 1. The molecule has 8 nitrogen and oxygen atoms in total. The summed E-state index contributed by atoms with van der Waals surface area (Å²) in [7, 11) is 0. The predicted octanol–water partition coefficient (Wildman–Crippen LogP) is 3.70. The first-order valence-electron chi connectivity index (χ1n) is 11.0. The molecule has 0 radical (unpaired) electrons. The number of nitrogens with two attached hydrogens (primary N) is 1. The maximum Gasteiger partial charge on any atom is 0.319 e. The third-order valence-electron chi connectivity index (χ3n) is 5.84. The van der Waals surface area contributed by atoms with Crippen molar-refractivity contribution in [1.82, 2.24) is 19.9 Å². The number of nitrogen functional groups attached to an aromatic ring is 1. The van der Waals surface area contributed by atoms with Crippen LogP contribution >= 0.6 is 0 Å². The molecule has 3 heterocycles. The van der Waals surface area contributed by atoms with Crippen molar-refractivity contribution in [2.24, 2.45) is 0 Å². The number of H-pyrrole nitrogens is 1. The summed E-state index contributed by atoms with van der Waals surface area (Å²) in [4.78, 5) is 25.7. The molecule has 2 aromatic rings. The molecule has 8 heteroatoms. The summed E-state index contributed by atoms with van der Waals surface area (Å²) in [5.41, 5.74) is 8.71. The van der Waals surface area contributed by atoms with Crippen LogP contribution in [0.3, 0.4) is 0 Å². The number of nitrogens with zero attached hydrogens (tertiary/aromatic N) is 4. The second-order valence-electron chi connectivity index (χ2n) is 8.02. The minimum absolute atomic E-state index is 0.172. The highest BCUT2D eigenvalue weighted by Crippen LogP contribution is 2.28. The van der Waals surface area contributed by atoms with Gasteiger partial charge in [0.1, 0.15) is 22.8 Å². The quantitative estimate of drug-likeness (QED) is 0.606. The fourth-order valence-corrected chi connectivity index (χ4v) is 4.23. The van der Waals surface area contributed by atoms with Crippen LogP contribution in [0.25, 0.3) is 11.0 Å². The summed E-state index contributed by atoms with van der Waals surface area (Å²) in [6.07, 6.45) is 8.93. The Bertz CT molecular complexity index is 916. The first kappa shape index (κ1) is 21.9. The molecule has 3 N–H and O–H groups in total. The van der Waals surface area contributed by atoms with Crippen LogP contribution in [0.4, 0.5) is 5.82 Å². The Morgan fingerprint density at radius 1 is 1.33 bits per heavy atom. The first-order valence-corrected chi connectivity index (χ1v) is 11.0. The van der Waals surface area contributed by atoms with E-state index >= 15 is 0 Å². The van der Waals surface area contributed by atoms with Crippen molar-refractivity contribution in [2.75, 3.05) is 18.9 Å². The van der Waals surface area contributed by atoms with Gasteiger partial charge in [-0.05, 0) is 44.9 Å². The van der Waals surface area contributed by atoms with Gasteiger partial charge in [-0.2, -0.15) is 15.2 Å². The minimum Gasteiger partial charge on any atom is -0.463 e. The Morgan fingerprint density at radius 2 is 2.17 bits per heavy atom. The maximum absolute atomic E-state index is 11.9. The molecule has 2 aromatic heterocycles. The number of hydrogen-bond acceptors (Lipinski definition) is 6. The molecule has 0 aromatic carbocycles. The SMILES string of the molecule is CCCCOc1nc(N)c2[nH]c(C#N)c(CCCCC3CCCCN3C(C)=O)c2n1. The van der Waals surface area contributed by atoms with E-state index in [1.54, 1.807) is 6.92 Å². The van der Waals surface area contributed by atoms with Gasteiger partial charge in [0.25, 0.3) is 0 Å². The number of nitrogens with one attached hydrogen (secondary N) is 1. The van der Waals surface area contributed by atoms with Gasteiger partial charge in [0.15, 0.2) is 5.82 Å². The monoisotopic (exact) mass is 412 g/mol. The number of rotatable bonds is 9. The van der Waals surface area contributed by atoms with Crippen molar-refractivity contribution >= 4 is 22.8 Å². The number of piperidine rings is 1. The van der Waals surface area contributed by atoms with Crippen LogP contribution in [0.2, 0.25) is 0 Å². The van der Waals surface area contributed by atoms with Gasteiger partial charge in [0.2, 0.25) is 5.91 Å². The van der Waals surface area contributed by atoms with Gasteiger partial charge < -0.3 is 20.4 Å². The van der Waals surface area contributed by atoms with Crippen LogP contribution < -0.4 is 10.5 Å². The molecule has 1 fully saturated rings. The molecule has 1 aliphatic rings. The summed E-state index contributed by atoms with van der Waals surface area (Å²) >= 11 is 0. The van der Waals surface area contributed by atoms with Gasteiger partial charge in [-0.25, -0.2) is 0 Å². The van der Waals surface area contributed by atoms with Crippen LogP contribution in [0.15, 0.2) is 0 Å². The lowest BCUT2D eigenvalue weighted by atomic mass is 9.96. The Hall–Kier alpha value is -2.82. The molecule has 1 amide bonds. The van der Waals surface area contributed by atoms with E-state index in [1.165, 1.54) is 6.42 Å². The third-order valence-corrected chi connectivity index (χ3v) is 5.84. The molecule has 1 atom stereocenters. The molecular weight excluding hydrogens is 380 g/mol. The van der Waals surface area contributed by atoms with Crippen LogP contribution in [0.1, 0.15) is 76.5 Å². The van der Waals surface area contributed by atoms with Crippen molar-refractivity contribution in [3.63, 3.8) is 0 Å². The number of hydrogen-bond donors (Lipinski definition) is 2. The average Bonchev–Trinajstić information content (AvgIpc) is 3.10. The van der Waals surface area contributed by atoms with Crippen molar-refractivity contribution < 1.29 is 9.53 Å². The Labute approximate surface area is 177 Å². The molecule has 0 bridgehead atoms. The molecule has 1 saturated heterocycles. The van der Waals surface area contributed by atoms with E-state index < -0.39 is 0 Å². The predicted molar refractivity (Wildman–Crippen MR) is 116 cm³/mol. The number of aryl methyl sites for hydroxylation is 1. The van der Waals surface area contributed by atoms with Crippen LogP contribution in [-0.2, 0) is 11.2 Å². The molecule has 162 valence electrons. The molecule has 3 rings (SSSR count). The van der Waals surface area contributed by atoms with Crippen molar-refractivity contribution in [3.8, 4) is 12.1 Å². The number of amides is 1. The summed E-state index contributed by atoms with van der Waals surface area (Å²) in [6, 6.07) is 2.82. The highest BCUT2D eigenvalue weighted by atomic mass is 16.5. The average molecular weight is 413 g/mol. The van der Waals surface area contributed by atoms with E-state index in [1.807, 2.05) is 4.90 Å². The standard InChI is InChI=1S/C22H32N6O2/c1-3-4-13-30-22-26-19-17(18(14-23)25-20(19)21(24)27-22)11-6-5-9-16-10-7-8-12-28(16)15(2)29/h16,25H,3-13H2,1-2H3,(H2,24,26,27). The lowest BCUT2D eigenvalue weighted by Gasteiger charge is -2.35. The van der Waals surface area contributed by atoms with Crippen LogP contribution in [0.5, 0.6) is 6.01 Å². The number of fused-ring (bicyclic) bond motifs is 1. The lowest BCUT2D eigenvalue weighted by molar-refractivity contribution is -0.132. The van der Waals surface area contributed by atoms with Gasteiger partial charge in [-0.1, -0.05) is 19.8 Å². The van der Waals surface area contributed by atoms with Crippen LogP contribution in [-0.4, -0.2) is 45.0 Å². The number of aromatic amines is 1. The van der Waals surface area contributed by atoms with Crippen molar-refractivity contribution in [1.29, 1.82) is 5.26 Å². The Kier molecular flexibility index (Phi) is 7.50. The van der Waals surface area contributed by atoms with Crippen molar-refractivity contribution in [2.45, 2.75) is 77.7 Å². The molecule has 0 saturated carbocycles. The van der Waals surface area contributed by atoms with E-state index in [4.69, 9.17) is 10.5 Å². The number of anilines is 1. The topological polar surface area (TPSA) is 121 Å². The third kappa shape index (κ3) is 5.02. The number of nitriles is 1. The summed E-state index contributed by atoms with van der Waals surface area (Å²) < 4.78 is 5.64. The van der Waals surface area contributed by atoms with Gasteiger partial charge in [0, 0.05) is 25.1 Å². The summed E-state index contributed by atoms with van der Waals surface area (Å²) in [5, 5.41) is 9.56. The Balaban J connectivity index is 1.68. The summed E-state index contributed by atoms with van der Waals surface area (Å²) in [6.45, 7) is 5.17. The Morgan fingerprint density at radius 3 is 2.90 bits per heavy atom. The number of unbranched alkanes of at least 4 members (excludes halogenated alkanes) is 2. The van der Waals surface area contributed by atoms with Gasteiger partial charge in [-0.3, -0.25) is 4.79 Å². The fourth-order valence-electron chi connectivity index (χ4n) is 4.23. The molecule has 0 aliphatic carbocycles. The van der Waals surface area contributed by atoms with Crippen molar-refractivity contribution in [3.05, 3.63) is 11.3 Å². The minimum atomic E-state index is 0.172. The summed E-state index contributed by atoms with van der Waals surface area (Å²) in [5.74, 6) is 0.472.